The van der Waals surface area contributed by atoms with Crippen LogP contribution in [0, 0.1) is 11.7 Å². The van der Waals surface area contributed by atoms with Crippen molar-refractivity contribution in [2.24, 2.45) is 5.92 Å². The first-order valence-corrected chi connectivity index (χ1v) is 13.1. The number of hydrogen-bond donors (Lipinski definition) is 1. The molecule has 2 aromatic heterocycles. The van der Waals surface area contributed by atoms with Crippen molar-refractivity contribution in [2.45, 2.75) is 26.0 Å². The maximum Gasteiger partial charge on any atom is 0.166 e. The number of fused-ring (bicyclic) bond motifs is 2. The number of nitrogens with zero attached hydrogens (tertiary/aromatic N) is 5. The number of rotatable bonds is 6. The minimum atomic E-state index is -0.341. The summed E-state index contributed by atoms with van der Waals surface area (Å²) >= 11 is 1.28. The Bertz CT molecular complexity index is 1410. The summed E-state index contributed by atoms with van der Waals surface area (Å²) in [4.78, 5) is 18.0. The molecule has 0 radical (unpaired) electrons. The van der Waals surface area contributed by atoms with Gasteiger partial charge in [0.05, 0.1) is 45.5 Å². The average molecular weight is 509 g/mol. The molecule has 1 N–H and O–H groups in total. The summed E-state index contributed by atoms with van der Waals surface area (Å²) in [5.41, 5.74) is 4.45. The Balaban J connectivity index is 1.42. The molecule has 10 heteroatoms. The van der Waals surface area contributed by atoms with Crippen LogP contribution >= 0.6 is 11.3 Å². The molecule has 2 aliphatic heterocycles. The van der Waals surface area contributed by atoms with Gasteiger partial charge in [0, 0.05) is 43.3 Å². The van der Waals surface area contributed by atoms with Crippen molar-refractivity contribution in [3.05, 3.63) is 41.9 Å². The van der Waals surface area contributed by atoms with Gasteiger partial charge in [0.15, 0.2) is 5.82 Å². The van der Waals surface area contributed by atoms with Crippen LogP contribution < -0.4 is 15.0 Å². The van der Waals surface area contributed by atoms with Crippen molar-refractivity contribution in [3.63, 3.8) is 0 Å². The van der Waals surface area contributed by atoms with Crippen molar-refractivity contribution >= 4 is 49.6 Å². The predicted molar refractivity (Wildman–Crippen MR) is 141 cm³/mol. The van der Waals surface area contributed by atoms with Gasteiger partial charge in [0.1, 0.15) is 24.0 Å². The molecule has 8 nitrogen and oxygen atoms in total. The number of piperazine rings is 1. The Hall–Kier alpha value is -3.08. The van der Waals surface area contributed by atoms with E-state index in [4.69, 9.17) is 9.47 Å². The van der Waals surface area contributed by atoms with E-state index in [1.54, 1.807) is 11.6 Å². The fourth-order valence-electron chi connectivity index (χ4n) is 4.73. The predicted octanol–water partition coefficient (Wildman–Crippen LogP) is 4.68. The summed E-state index contributed by atoms with van der Waals surface area (Å²) < 4.78 is 27.7. The molecule has 0 saturated carbocycles. The third-order valence-corrected chi connectivity index (χ3v) is 8.18. The van der Waals surface area contributed by atoms with E-state index >= 15 is 4.39 Å². The van der Waals surface area contributed by atoms with Crippen molar-refractivity contribution in [2.75, 3.05) is 50.1 Å². The number of halogens is 1. The molecular formula is C26H29FN6O2S. The maximum absolute atomic E-state index is 15.2. The van der Waals surface area contributed by atoms with Gasteiger partial charge in [-0.15, -0.1) is 11.3 Å². The quantitative estimate of drug-likeness (QED) is 0.403. The lowest BCUT2D eigenvalue weighted by atomic mass is 10.0. The smallest absolute Gasteiger partial charge is 0.166 e. The van der Waals surface area contributed by atoms with Crippen molar-refractivity contribution in [1.29, 1.82) is 0 Å². The SMILES string of the molecule is CC(Oc1cc(N2CCN(C)[C@@H](C)C2)cc2ncnc(Nc3ccc4ncsc4c3F)c12)C1COC1. The molecule has 1 unspecified atom stereocenters. The number of thiazole rings is 1. The number of likely N-dealkylation sites (N-methyl/N-ethyl adjacent to an activating group) is 1. The summed E-state index contributed by atoms with van der Waals surface area (Å²) in [7, 11) is 2.16. The van der Waals surface area contributed by atoms with Gasteiger partial charge in [0.25, 0.3) is 0 Å². The number of aromatic nitrogens is 3. The second-order valence-electron chi connectivity index (χ2n) is 9.71. The molecule has 2 aliphatic rings. The van der Waals surface area contributed by atoms with Gasteiger partial charge >= 0.3 is 0 Å². The van der Waals surface area contributed by atoms with Gasteiger partial charge in [-0.05, 0) is 39.1 Å². The Morgan fingerprint density at radius 1 is 1.17 bits per heavy atom. The zero-order valence-corrected chi connectivity index (χ0v) is 21.4. The number of nitrogens with one attached hydrogen (secondary N) is 1. The van der Waals surface area contributed by atoms with E-state index in [1.165, 1.54) is 17.7 Å². The summed E-state index contributed by atoms with van der Waals surface area (Å²) in [5.74, 6) is 1.19. The van der Waals surface area contributed by atoms with Crippen LogP contribution in [0.4, 0.5) is 21.6 Å². The van der Waals surface area contributed by atoms with E-state index in [1.807, 2.05) is 6.07 Å². The fraction of sp³-hybridized carbons (Fsp3) is 0.423. The Morgan fingerprint density at radius 3 is 2.81 bits per heavy atom. The Morgan fingerprint density at radius 2 is 2.03 bits per heavy atom. The topological polar surface area (TPSA) is 75.6 Å². The molecule has 2 aromatic carbocycles. The third-order valence-electron chi connectivity index (χ3n) is 7.34. The lowest BCUT2D eigenvalue weighted by molar-refractivity contribution is -0.0773. The first kappa shape index (κ1) is 23.3. The van der Waals surface area contributed by atoms with Crippen molar-refractivity contribution in [1.82, 2.24) is 19.9 Å². The lowest BCUT2D eigenvalue weighted by Crippen LogP contribution is -2.50. The maximum atomic E-state index is 15.2. The number of ether oxygens (including phenoxy) is 2. The van der Waals surface area contributed by atoms with E-state index in [9.17, 15) is 0 Å². The minimum absolute atomic E-state index is 0.0399. The van der Waals surface area contributed by atoms with Crippen LogP contribution in [0.25, 0.3) is 21.1 Å². The standard InChI is InChI=1S/C26H29FN6O2S/c1-15-10-33(7-6-32(15)3)18-8-21-23(22(9-18)35-16(2)17-11-34-12-17)26(29-13-28-21)31-19-4-5-20-25(24(19)27)36-14-30-20/h4-5,8-9,13-17H,6-7,10-12H2,1-3H3,(H,28,29,31)/t15-,16?/m0/s1. The van der Waals surface area contributed by atoms with E-state index < -0.39 is 0 Å². The minimum Gasteiger partial charge on any atom is -0.489 e. The summed E-state index contributed by atoms with van der Waals surface area (Å²) in [6.45, 7) is 8.52. The average Bonchev–Trinajstić information content (AvgIpc) is 3.31. The van der Waals surface area contributed by atoms with E-state index in [-0.39, 0.29) is 11.9 Å². The molecule has 36 heavy (non-hydrogen) atoms. The van der Waals surface area contributed by atoms with Gasteiger partial charge in [-0.25, -0.2) is 19.3 Å². The Labute approximate surface area is 213 Å². The van der Waals surface area contributed by atoms with Crippen LogP contribution in [0.5, 0.6) is 5.75 Å². The molecule has 188 valence electrons. The van der Waals surface area contributed by atoms with Gasteiger partial charge in [-0.1, -0.05) is 0 Å². The van der Waals surface area contributed by atoms with Gasteiger partial charge in [-0.3, -0.25) is 0 Å². The van der Waals surface area contributed by atoms with Crippen molar-refractivity contribution < 1.29 is 13.9 Å². The summed E-state index contributed by atoms with van der Waals surface area (Å²) in [6, 6.07) is 8.10. The largest absolute Gasteiger partial charge is 0.489 e. The number of anilines is 3. The van der Waals surface area contributed by atoms with E-state index in [2.05, 4.69) is 63.1 Å². The van der Waals surface area contributed by atoms with Crippen LogP contribution in [-0.4, -0.2) is 71.9 Å². The first-order chi connectivity index (χ1) is 17.5. The second-order valence-corrected chi connectivity index (χ2v) is 10.6. The first-order valence-electron chi connectivity index (χ1n) is 12.2. The molecule has 2 saturated heterocycles. The van der Waals surface area contributed by atoms with Crippen LogP contribution in [0.2, 0.25) is 0 Å². The van der Waals surface area contributed by atoms with Crippen LogP contribution in [0.1, 0.15) is 13.8 Å². The molecule has 6 rings (SSSR count). The monoisotopic (exact) mass is 508 g/mol. The second kappa shape index (κ2) is 9.42. The summed E-state index contributed by atoms with van der Waals surface area (Å²) in [5, 5.41) is 3.94. The lowest BCUT2D eigenvalue weighted by Gasteiger charge is -2.39. The number of benzene rings is 2. The highest BCUT2D eigenvalue weighted by Gasteiger charge is 2.29. The molecular weight excluding hydrogens is 479 g/mol. The Kier molecular flexibility index (Phi) is 6.10. The van der Waals surface area contributed by atoms with E-state index in [0.29, 0.717) is 52.6 Å². The highest BCUT2D eigenvalue weighted by atomic mass is 32.1. The highest BCUT2D eigenvalue weighted by molar-refractivity contribution is 7.16. The van der Waals surface area contributed by atoms with Gasteiger partial charge in [0.2, 0.25) is 0 Å². The van der Waals surface area contributed by atoms with E-state index in [0.717, 1.165) is 36.2 Å². The van der Waals surface area contributed by atoms with Gasteiger partial charge < -0.3 is 24.6 Å². The van der Waals surface area contributed by atoms with Gasteiger partial charge in [-0.2, -0.15) is 0 Å². The molecule has 2 fully saturated rings. The van der Waals surface area contributed by atoms with Crippen molar-refractivity contribution in [3.8, 4) is 5.75 Å². The summed E-state index contributed by atoms with van der Waals surface area (Å²) in [6.07, 6.45) is 1.47. The molecule has 0 aliphatic carbocycles. The molecule has 4 aromatic rings. The molecule has 2 atom stereocenters. The fourth-order valence-corrected chi connectivity index (χ4v) is 5.46. The molecule has 0 amide bonds. The van der Waals surface area contributed by atoms with Crippen LogP contribution in [-0.2, 0) is 4.74 Å². The molecule has 0 spiro atoms. The molecule has 4 heterocycles. The third kappa shape index (κ3) is 4.23. The normalized spacial score (nSPS) is 20.0. The zero-order chi connectivity index (χ0) is 24.8. The highest BCUT2D eigenvalue weighted by Crippen LogP contribution is 2.38. The van der Waals surface area contributed by atoms with Crippen LogP contribution in [0.3, 0.4) is 0 Å². The zero-order valence-electron chi connectivity index (χ0n) is 20.6. The molecule has 0 bridgehead atoms. The van der Waals surface area contributed by atoms with Crippen LogP contribution in [0.15, 0.2) is 36.1 Å². The number of hydrogen-bond acceptors (Lipinski definition) is 9.